The number of amides is 1. The molecule has 1 atom stereocenters. The molecule has 0 aliphatic heterocycles. The molecule has 0 radical (unpaired) electrons. The summed E-state index contributed by atoms with van der Waals surface area (Å²) in [4.78, 5) is 22.3. The lowest BCUT2D eigenvalue weighted by atomic mass is 10.00. The van der Waals surface area contributed by atoms with E-state index in [0.717, 1.165) is 10.0 Å². The van der Waals surface area contributed by atoms with E-state index in [1.165, 1.54) is 12.1 Å². The van der Waals surface area contributed by atoms with E-state index in [1.54, 1.807) is 31.2 Å². The molecule has 21 heavy (non-hydrogen) atoms. The van der Waals surface area contributed by atoms with E-state index in [0.29, 0.717) is 5.69 Å². The molecule has 0 aromatic heterocycles. The number of nitro groups is 1. The SMILES string of the molecule is C[C@H](C(=O)Nc1cccc(Br)c1)c1ccc([N+](=O)[O-])cc1. The van der Waals surface area contributed by atoms with E-state index in [4.69, 9.17) is 0 Å². The first-order valence-corrected chi connectivity index (χ1v) is 7.07. The lowest BCUT2D eigenvalue weighted by molar-refractivity contribution is -0.384. The van der Waals surface area contributed by atoms with Gasteiger partial charge in [0.25, 0.3) is 5.69 Å². The zero-order valence-corrected chi connectivity index (χ0v) is 12.8. The minimum absolute atomic E-state index is 0.0124. The highest BCUT2D eigenvalue weighted by molar-refractivity contribution is 9.10. The predicted octanol–water partition coefficient (Wildman–Crippen LogP) is 4.10. The van der Waals surface area contributed by atoms with Crippen LogP contribution in [-0.2, 0) is 4.79 Å². The van der Waals surface area contributed by atoms with Crippen molar-refractivity contribution in [3.8, 4) is 0 Å². The molecule has 0 saturated heterocycles. The lowest BCUT2D eigenvalue weighted by Crippen LogP contribution is -2.18. The van der Waals surface area contributed by atoms with Crippen LogP contribution >= 0.6 is 15.9 Å². The second-order valence-corrected chi connectivity index (χ2v) is 5.49. The smallest absolute Gasteiger partial charge is 0.269 e. The molecule has 0 aliphatic carbocycles. The number of halogens is 1. The highest BCUT2D eigenvalue weighted by Gasteiger charge is 2.16. The van der Waals surface area contributed by atoms with Gasteiger partial charge in [0.05, 0.1) is 10.8 Å². The molecule has 0 heterocycles. The van der Waals surface area contributed by atoms with Crippen molar-refractivity contribution in [3.05, 3.63) is 68.7 Å². The molecular formula is C15H13BrN2O3. The number of carbonyl (C=O) groups is 1. The van der Waals surface area contributed by atoms with E-state index in [9.17, 15) is 14.9 Å². The maximum Gasteiger partial charge on any atom is 0.269 e. The molecule has 6 heteroatoms. The minimum atomic E-state index is -0.462. The Labute approximate surface area is 130 Å². The van der Waals surface area contributed by atoms with Crippen molar-refractivity contribution in [1.29, 1.82) is 0 Å². The van der Waals surface area contributed by atoms with Crippen LogP contribution in [0.2, 0.25) is 0 Å². The van der Waals surface area contributed by atoms with Crippen molar-refractivity contribution in [1.82, 2.24) is 0 Å². The molecular weight excluding hydrogens is 336 g/mol. The molecule has 0 fully saturated rings. The Morgan fingerprint density at radius 2 is 1.90 bits per heavy atom. The van der Waals surface area contributed by atoms with Gasteiger partial charge in [-0.15, -0.1) is 0 Å². The Kier molecular flexibility index (Phi) is 4.70. The van der Waals surface area contributed by atoms with Crippen molar-refractivity contribution in [3.63, 3.8) is 0 Å². The minimum Gasteiger partial charge on any atom is -0.326 e. The number of hydrogen-bond donors (Lipinski definition) is 1. The fourth-order valence-corrected chi connectivity index (χ4v) is 2.25. The molecule has 108 valence electrons. The van der Waals surface area contributed by atoms with Crippen LogP contribution in [0.3, 0.4) is 0 Å². The van der Waals surface area contributed by atoms with Crippen LogP contribution in [0.1, 0.15) is 18.4 Å². The Morgan fingerprint density at radius 3 is 2.48 bits per heavy atom. The van der Waals surface area contributed by atoms with Crippen molar-refractivity contribution < 1.29 is 9.72 Å². The first-order valence-electron chi connectivity index (χ1n) is 6.28. The van der Waals surface area contributed by atoms with Crippen LogP contribution in [0.25, 0.3) is 0 Å². The summed E-state index contributed by atoms with van der Waals surface area (Å²) in [7, 11) is 0. The lowest BCUT2D eigenvalue weighted by Gasteiger charge is -2.12. The van der Waals surface area contributed by atoms with Gasteiger partial charge < -0.3 is 5.32 Å². The van der Waals surface area contributed by atoms with Gasteiger partial charge in [0.15, 0.2) is 0 Å². The number of nitrogens with one attached hydrogen (secondary N) is 1. The van der Waals surface area contributed by atoms with Gasteiger partial charge >= 0.3 is 0 Å². The fraction of sp³-hybridized carbons (Fsp3) is 0.133. The van der Waals surface area contributed by atoms with Gasteiger partial charge in [-0.05, 0) is 30.7 Å². The summed E-state index contributed by atoms with van der Waals surface area (Å²) in [6, 6.07) is 13.3. The van der Waals surface area contributed by atoms with Crippen molar-refractivity contribution in [2.75, 3.05) is 5.32 Å². The second kappa shape index (κ2) is 6.49. The maximum absolute atomic E-state index is 12.2. The largest absolute Gasteiger partial charge is 0.326 e. The summed E-state index contributed by atoms with van der Waals surface area (Å²) in [5.41, 5.74) is 1.44. The Morgan fingerprint density at radius 1 is 1.24 bits per heavy atom. The normalized spacial score (nSPS) is 11.7. The van der Waals surface area contributed by atoms with Gasteiger partial charge in [0, 0.05) is 22.3 Å². The van der Waals surface area contributed by atoms with Crippen LogP contribution in [-0.4, -0.2) is 10.8 Å². The summed E-state index contributed by atoms with van der Waals surface area (Å²) in [6.45, 7) is 1.76. The van der Waals surface area contributed by atoms with Crippen LogP contribution < -0.4 is 5.32 Å². The number of carbonyl (C=O) groups excluding carboxylic acids is 1. The number of nitrogens with zero attached hydrogens (tertiary/aromatic N) is 1. The molecule has 0 unspecified atom stereocenters. The molecule has 5 nitrogen and oxygen atoms in total. The number of nitro benzene ring substituents is 1. The predicted molar refractivity (Wildman–Crippen MR) is 84.3 cm³/mol. The third kappa shape index (κ3) is 3.88. The van der Waals surface area contributed by atoms with E-state index >= 15 is 0 Å². The summed E-state index contributed by atoms with van der Waals surface area (Å²) in [5.74, 6) is -0.563. The van der Waals surface area contributed by atoms with Gasteiger partial charge in [-0.2, -0.15) is 0 Å². The Balaban J connectivity index is 2.10. The highest BCUT2D eigenvalue weighted by atomic mass is 79.9. The van der Waals surface area contributed by atoms with Crippen molar-refractivity contribution in [2.45, 2.75) is 12.8 Å². The number of hydrogen-bond acceptors (Lipinski definition) is 3. The van der Waals surface area contributed by atoms with Crippen LogP contribution in [0, 0.1) is 10.1 Å². The molecule has 0 saturated carbocycles. The molecule has 0 bridgehead atoms. The molecule has 1 N–H and O–H groups in total. The molecule has 2 rings (SSSR count). The van der Waals surface area contributed by atoms with Gasteiger partial charge in [-0.3, -0.25) is 14.9 Å². The van der Waals surface area contributed by atoms with Crippen LogP contribution in [0.5, 0.6) is 0 Å². The number of benzene rings is 2. The molecule has 2 aromatic rings. The van der Waals surface area contributed by atoms with E-state index in [-0.39, 0.29) is 11.6 Å². The average molecular weight is 349 g/mol. The zero-order valence-electron chi connectivity index (χ0n) is 11.2. The van der Waals surface area contributed by atoms with Crippen LogP contribution in [0.15, 0.2) is 53.0 Å². The third-order valence-electron chi connectivity index (χ3n) is 3.09. The van der Waals surface area contributed by atoms with Crippen molar-refractivity contribution >= 4 is 33.2 Å². The van der Waals surface area contributed by atoms with Crippen molar-refractivity contribution in [2.24, 2.45) is 0 Å². The topological polar surface area (TPSA) is 72.2 Å². The molecule has 0 spiro atoms. The van der Waals surface area contributed by atoms with Gasteiger partial charge in [0.2, 0.25) is 5.91 Å². The quantitative estimate of drug-likeness (QED) is 0.667. The van der Waals surface area contributed by atoms with Gasteiger partial charge in [-0.25, -0.2) is 0 Å². The second-order valence-electron chi connectivity index (χ2n) is 4.57. The first-order chi connectivity index (χ1) is 9.97. The van der Waals surface area contributed by atoms with Gasteiger partial charge in [0.1, 0.15) is 0 Å². The number of rotatable bonds is 4. The first kappa shape index (κ1) is 15.2. The average Bonchev–Trinajstić information content (AvgIpc) is 2.46. The number of non-ortho nitro benzene ring substituents is 1. The molecule has 0 aliphatic rings. The summed E-state index contributed by atoms with van der Waals surface area (Å²) in [5, 5.41) is 13.4. The highest BCUT2D eigenvalue weighted by Crippen LogP contribution is 2.22. The Bertz CT molecular complexity index is 671. The number of anilines is 1. The fourth-order valence-electron chi connectivity index (χ4n) is 1.85. The zero-order chi connectivity index (χ0) is 15.4. The third-order valence-corrected chi connectivity index (χ3v) is 3.58. The van der Waals surface area contributed by atoms with E-state index in [1.807, 2.05) is 12.1 Å². The summed E-state index contributed by atoms with van der Waals surface area (Å²) in [6.07, 6.45) is 0. The van der Waals surface area contributed by atoms with E-state index < -0.39 is 10.8 Å². The maximum atomic E-state index is 12.2. The molecule has 1 amide bonds. The monoisotopic (exact) mass is 348 g/mol. The molecule has 2 aromatic carbocycles. The van der Waals surface area contributed by atoms with E-state index in [2.05, 4.69) is 21.2 Å². The van der Waals surface area contributed by atoms with Crippen LogP contribution in [0.4, 0.5) is 11.4 Å². The summed E-state index contributed by atoms with van der Waals surface area (Å²) < 4.78 is 0.878. The standard InChI is InChI=1S/C15H13BrN2O3/c1-10(11-5-7-14(8-6-11)18(20)21)15(19)17-13-4-2-3-12(16)9-13/h2-10H,1H3,(H,17,19)/t10-/m0/s1. The van der Waals surface area contributed by atoms with Gasteiger partial charge in [-0.1, -0.05) is 34.1 Å². The Hall–Kier alpha value is -2.21. The summed E-state index contributed by atoms with van der Waals surface area (Å²) >= 11 is 3.34.